The van der Waals surface area contributed by atoms with Gasteiger partial charge in [0.05, 0.1) is 7.11 Å². The van der Waals surface area contributed by atoms with E-state index in [1.165, 1.54) is 0 Å². The average Bonchev–Trinajstić information content (AvgIpc) is 3.01. The number of carbonyl (C=O) groups excluding carboxylic acids is 2. The number of fused-ring (bicyclic) bond motifs is 2. The van der Waals surface area contributed by atoms with Gasteiger partial charge in [0.2, 0.25) is 0 Å². The second kappa shape index (κ2) is 8.05. The van der Waals surface area contributed by atoms with E-state index < -0.39 is 0 Å². The average molecular weight is 379 g/mol. The van der Waals surface area contributed by atoms with Crippen molar-refractivity contribution >= 4 is 11.9 Å². The van der Waals surface area contributed by atoms with Crippen LogP contribution in [0.2, 0.25) is 0 Å². The van der Waals surface area contributed by atoms with Gasteiger partial charge < -0.3 is 14.4 Å². The van der Waals surface area contributed by atoms with Crippen molar-refractivity contribution in [1.82, 2.24) is 4.90 Å². The lowest BCUT2D eigenvalue weighted by molar-refractivity contribution is 0.0485. The Morgan fingerprint density at radius 1 is 0.964 bits per heavy atom. The smallest absolute Gasteiger partial charge is 0.410 e. The summed E-state index contributed by atoms with van der Waals surface area (Å²) < 4.78 is 10.7. The highest BCUT2D eigenvalue weighted by Crippen LogP contribution is 2.40. The number of ether oxygens (including phenoxy) is 2. The minimum Gasteiger partial charge on any atom is -0.497 e. The number of hydrogen-bond acceptors (Lipinski definition) is 4. The van der Waals surface area contributed by atoms with Crippen LogP contribution < -0.4 is 4.74 Å². The Morgan fingerprint density at radius 2 is 1.61 bits per heavy atom. The van der Waals surface area contributed by atoms with Crippen LogP contribution in [-0.4, -0.2) is 36.0 Å². The third kappa shape index (κ3) is 3.75. The molecule has 2 fully saturated rings. The lowest BCUT2D eigenvalue weighted by Crippen LogP contribution is -2.48. The third-order valence-corrected chi connectivity index (χ3v) is 5.89. The zero-order valence-electron chi connectivity index (χ0n) is 16.0. The van der Waals surface area contributed by atoms with E-state index in [1.807, 2.05) is 59.5 Å². The van der Waals surface area contributed by atoms with Crippen molar-refractivity contribution in [3.05, 3.63) is 65.7 Å². The van der Waals surface area contributed by atoms with E-state index in [4.69, 9.17) is 9.47 Å². The van der Waals surface area contributed by atoms with Gasteiger partial charge in [0, 0.05) is 23.6 Å². The lowest BCUT2D eigenvalue weighted by Gasteiger charge is -2.37. The van der Waals surface area contributed by atoms with Crippen molar-refractivity contribution in [2.45, 2.75) is 44.4 Å². The predicted molar refractivity (Wildman–Crippen MR) is 105 cm³/mol. The molecule has 0 saturated carbocycles. The van der Waals surface area contributed by atoms with Gasteiger partial charge in [-0.05, 0) is 55.5 Å². The molecule has 0 aliphatic carbocycles. The molecule has 28 heavy (non-hydrogen) atoms. The second-order valence-corrected chi connectivity index (χ2v) is 7.59. The molecule has 5 heteroatoms. The van der Waals surface area contributed by atoms with Gasteiger partial charge in [-0.1, -0.05) is 30.3 Å². The highest BCUT2D eigenvalue weighted by molar-refractivity contribution is 5.98. The molecule has 2 unspecified atom stereocenters. The SMILES string of the molecule is COc1ccc(C(=O)C2CC3CCC(C2)N3C(=O)OCc2ccccc2)cc1. The van der Waals surface area contributed by atoms with Crippen LogP contribution in [0, 0.1) is 5.92 Å². The number of hydrogen-bond donors (Lipinski definition) is 0. The summed E-state index contributed by atoms with van der Waals surface area (Å²) in [5, 5.41) is 0. The van der Waals surface area contributed by atoms with Crippen molar-refractivity contribution in [3.63, 3.8) is 0 Å². The van der Waals surface area contributed by atoms with E-state index >= 15 is 0 Å². The quantitative estimate of drug-likeness (QED) is 0.720. The van der Waals surface area contributed by atoms with Crippen molar-refractivity contribution in [2.75, 3.05) is 7.11 Å². The van der Waals surface area contributed by atoms with E-state index in [0.717, 1.165) is 24.2 Å². The predicted octanol–water partition coefficient (Wildman–Crippen LogP) is 4.46. The molecule has 2 aliphatic rings. The summed E-state index contributed by atoms with van der Waals surface area (Å²) in [4.78, 5) is 27.5. The molecule has 0 aromatic heterocycles. The summed E-state index contributed by atoms with van der Waals surface area (Å²) >= 11 is 0. The largest absolute Gasteiger partial charge is 0.497 e. The monoisotopic (exact) mass is 379 g/mol. The highest BCUT2D eigenvalue weighted by atomic mass is 16.6. The van der Waals surface area contributed by atoms with Crippen LogP contribution in [0.5, 0.6) is 5.75 Å². The molecular formula is C23H25NO4. The molecule has 2 saturated heterocycles. The van der Waals surface area contributed by atoms with Gasteiger partial charge in [-0.2, -0.15) is 0 Å². The molecule has 1 amide bonds. The van der Waals surface area contributed by atoms with E-state index in [1.54, 1.807) is 7.11 Å². The third-order valence-electron chi connectivity index (χ3n) is 5.89. The molecule has 146 valence electrons. The molecular weight excluding hydrogens is 354 g/mol. The Hall–Kier alpha value is -2.82. The van der Waals surface area contributed by atoms with E-state index in [9.17, 15) is 9.59 Å². The first kappa shape index (κ1) is 18.5. The number of benzene rings is 2. The molecule has 2 heterocycles. The fraction of sp³-hybridized carbons (Fsp3) is 0.391. The minimum atomic E-state index is -0.258. The first-order chi connectivity index (χ1) is 13.7. The van der Waals surface area contributed by atoms with Crippen LogP contribution in [0.25, 0.3) is 0 Å². The summed E-state index contributed by atoms with van der Waals surface area (Å²) in [6.45, 7) is 0.282. The van der Waals surface area contributed by atoms with Crippen molar-refractivity contribution < 1.29 is 19.1 Å². The molecule has 2 atom stereocenters. The Balaban J connectivity index is 1.38. The van der Waals surface area contributed by atoms with Gasteiger partial charge >= 0.3 is 6.09 Å². The van der Waals surface area contributed by atoms with E-state index in [2.05, 4.69) is 0 Å². The maximum atomic E-state index is 12.9. The Bertz CT molecular complexity index is 819. The van der Waals surface area contributed by atoms with Gasteiger partial charge in [-0.25, -0.2) is 4.79 Å². The van der Waals surface area contributed by atoms with Crippen LogP contribution in [-0.2, 0) is 11.3 Å². The van der Waals surface area contributed by atoms with Crippen molar-refractivity contribution in [1.29, 1.82) is 0 Å². The molecule has 0 radical (unpaired) electrons. The normalized spacial score (nSPS) is 23.3. The summed E-state index contributed by atoms with van der Waals surface area (Å²) in [5.74, 6) is 0.869. The molecule has 2 aromatic rings. The van der Waals surface area contributed by atoms with Crippen LogP contribution >= 0.6 is 0 Å². The number of methoxy groups -OCH3 is 1. The zero-order chi connectivity index (χ0) is 19.5. The first-order valence-electron chi connectivity index (χ1n) is 9.83. The molecule has 0 spiro atoms. The number of Topliss-reactive ketones (excluding diaryl/α,β-unsaturated/α-hetero) is 1. The molecule has 4 rings (SSSR count). The summed E-state index contributed by atoms with van der Waals surface area (Å²) in [6, 6.07) is 17.2. The lowest BCUT2D eigenvalue weighted by atomic mass is 9.85. The van der Waals surface area contributed by atoms with Crippen molar-refractivity contribution in [3.8, 4) is 5.75 Å². The number of ketones is 1. The van der Waals surface area contributed by atoms with Crippen LogP contribution in [0.3, 0.4) is 0 Å². The molecule has 2 aliphatic heterocycles. The fourth-order valence-corrected chi connectivity index (χ4v) is 4.47. The Labute approximate surface area is 165 Å². The molecule has 0 N–H and O–H groups in total. The van der Waals surface area contributed by atoms with Crippen LogP contribution in [0.15, 0.2) is 54.6 Å². The first-order valence-corrected chi connectivity index (χ1v) is 9.83. The molecule has 2 aromatic carbocycles. The standard InChI is InChI=1S/C23H25NO4/c1-27-21-11-7-17(8-12-21)22(25)18-13-19-9-10-20(14-18)24(19)23(26)28-15-16-5-3-2-4-6-16/h2-8,11-12,18-20H,9-10,13-15H2,1H3. The van der Waals surface area contributed by atoms with Gasteiger partial charge in [-0.3, -0.25) is 4.79 Å². The number of amides is 1. The van der Waals surface area contributed by atoms with Gasteiger partial charge in [-0.15, -0.1) is 0 Å². The summed E-state index contributed by atoms with van der Waals surface area (Å²) in [6.07, 6.45) is 3.05. The van der Waals surface area contributed by atoms with Crippen LogP contribution in [0.4, 0.5) is 4.79 Å². The van der Waals surface area contributed by atoms with Crippen LogP contribution in [0.1, 0.15) is 41.6 Å². The van der Waals surface area contributed by atoms with Gasteiger partial charge in [0.15, 0.2) is 5.78 Å². The number of rotatable bonds is 5. The summed E-state index contributed by atoms with van der Waals surface area (Å²) in [7, 11) is 1.61. The van der Waals surface area contributed by atoms with E-state index in [-0.39, 0.29) is 36.5 Å². The number of piperidine rings is 1. The molecule has 2 bridgehead atoms. The topological polar surface area (TPSA) is 55.8 Å². The second-order valence-electron chi connectivity index (χ2n) is 7.59. The Kier molecular flexibility index (Phi) is 5.33. The van der Waals surface area contributed by atoms with Gasteiger partial charge in [0.25, 0.3) is 0 Å². The van der Waals surface area contributed by atoms with Crippen molar-refractivity contribution in [2.24, 2.45) is 5.92 Å². The highest BCUT2D eigenvalue weighted by Gasteiger charge is 2.45. The number of carbonyl (C=O) groups is 2. The maximum Gasteiger partial charge on any atom is 0.410 e. The van der Waals surface area contributed by atoms with Gasteiger partial charge in [0.1, 0.15) is 12.4 Å². The number of nitrogens with zero attached hydrogens (tertiary/aromatic N) is 1. The zero-order valence-corrected chi connectivity index (χ0v) is 16.0. The Morgan fingerprint density at radius 3 is 2.21 bits per heavy atom. The summed E-state index contributed by atoms with van der Waals surface area (Å²) in [5.41, 5.74) is 1.69. The minimum absolute atomic E-state index is 0.0379. The fourth-order valence-electron chi connectivity index (χ4n) is 4.47. The molecule has 5 nitrogen and oxygen atoms in total. The van der Waals surface area contributed by atoms with E-state index in [0.29, 0.717) is 18.4 Å². The maximum absolute atomic E-state index is 12.9.